The Hall–Kier alpha value is 0.660. The van der Waals surface area contributed by atoms with E-state index in [2.05, 4.69) is 13.2 Å². The Balaban J connectivity index is 2.89. The second-order valence-corrected chi connectivity index (χ2v) is 4.74. The first-order valence-electron chi connectivity index (χ1n) is 3.52. The fraction of sp³-hybridized carbons (Fsp3) is 1.00. The molecule has 0 aliphatic carbocycles. The van der Waals surface area contributed by atoms with E-state index in [1.165, 1.54) is 17.9 Å². The van der Waals surface area contributed by atoms with Crippen molar-refractivity contribution >= 4 is 23.5 Å². The van der Waals surface area contributed by atoms with E-state index in [9.17, 15) is 0 Å². The summed E-state index contributed by atoms with van der Waals surface area (Å²) in [4.78, 5) is 0. The molecule has 0 aromatic carbocycles. The quantitative estimate of drug-likeness (QED) is 0.630. The highest BCUT2D eigenvalue weighted by atomic mass is 32.2. The molecule has 1 nitrogen and oxygen atoms in total. The van der Waals surface area contributed by atoms with Gasteiger partial charge >= 0.3 is 0 Å². The molecule has 1 unspecified atom stereocenters. The topological polar surface area (TPSA) is 20.2 Å². The van der Waals surface area contributed by atoms with E-state index in [0.717, 1.165) is 0 Å². The summed E-state index contributed by atoms with van der Waals surface area (Å²) >= 11 is 3.74. The molecule has 3 heteroatoms. The number of aliphatic hydroxyl groups is 1. The summed E-state index contributed by atoms with van der Waals surface area (Å²) in [5.41, 5.74) is 0. The minimum Gasteiger partial charge on any atom is -0.395 e. The highest BCUT2D eigenvalue weighted by Gasteiger charge is 1.97. The van der Waals surface area contributed by atoms with E-state index in [-0.39, 0.29) is 0 Å². The molecule has 1 N–H and O–H groups in total. The lowest BCUT2D eigenvalue weighted by molar-refractivity contribution is 0.300. The Bertz CT molecular complexity index is 68.6. The van der Waals surface area contributed by atoms with Crippen LogP contribution in [0, 0.1) is 0 Å². The lowest BCUT2D eigenvalue weighted by atomic mass is 10.5. The van der Waals surface area contributed by atoms with Crippen molar-refractivity contribution in [2.45, 2.75) is 18.6 Å². The SMILES string of the molecule is CSCCCSC(C)CO. The van der Waals surface area contributed by atoms with E-state index in [1.54, 1.807) is 0 Å². The van der Waals surface area contributed by atoms with Crippen molar-refractivity contribution in [3.8, 4) is 0 Å². The fourth-order valence-electron chi connectivity index (χ4n) is 0.540. The number of hydrogen-bond acceptors (Lipinski definition) is 3. The van der Waals surface area contributed by atoms with Gasteiger partial charge in [0.2, 0.25) is 0 Å². The number of rotatable bonds is 6. The summed E-state index contributed by atoms with van der Waals surface area (Å²) < 4.78 is 0. The van der Waals surface area contributed by atoms with Crippen LogP contribution in [-0.4, -0.2) is 34.7 Å². The van der Waals surface area contributed by atoms with Crippen molar-refractivity contribution in [3.63, 3.8) is 0 Å². The van der Waals surface area contributed by atoms with Crippen molar-refractivity contribution in [3.05, 3.63) is 0 Å². The van der Waals surface area contributed by atoms with Crippen LogP contribution in [0.25, 0.3) is 0 Å². The molecule has 0 heterocycles. The molecule has 0 spiro atoms. The third kappa shape index (κ3) is 6.78. The van der Waals surface area contributed by atoms with Crippen LogP contribution in [0.4, 0.5) is 0 Å². The van der Waals surface area contributed by atoms with Gasteiger partial charge in [0, 0.05) is 5.25 Å². The first-order valence-corrected chi connectivity index (χ1v) is 5.97. The van der Waals surface area contributed by atoms with Gasteiger partial charge in [-0.15, -0.1) is 0 Å². The number of aliphatic hydroxyl groups excluding tert-OH is 1. The molecule has 0 bridgehead atoms. The van der Waals surface area contributed by atoms with Crippen LogP contribution in [0.3, 0.4) is 0 Å². The maximum atomic E-state index is 8.67. The largest absolute Gasteiger partial charge is 0.395 e. The highest BCUT2D eigenvalue weighted by Crippen LogP contribution is 2.11. The summed E-state index contributed by atoms with van der Waals surface area (Å²) in [5.74, 6) is 2.42. The zero-order chi connectivity index (χ0) is 7.82. The molecule has 0 aromatic heterocycles. The van der Waals surface area contributed by atoms with Gasteiger partial charge in [0.25, 0.3) is 0 Å². The van der Waals surface area contributed by atoms with Gasteiger partial charge in [-0.2, -0.15) is 23.5 Å². The lowest BCUT2D eigenvalue weighted by Crippen LogP contribution is -2.03. The van der Waals surface area contributed by atoms with E-state index in [4.69, 9.17) is 5.11 Å². The maximum absolute atomic E-state index is 8.67. The third-order valence-corrected chi connectivity index (χ3v) is 3.09. The van der Waals surface area contributed by atoms with Gasteiger partial charge in [-0.05, 0) is 24.2 Å². The summed E-state index contributed by atoms with van der Waals surface area (Å²) in [5, 5.41) is 9.08. The van der Waals surface area contributed by atoms with E-state index in [1.807, 2.05) is 23.5 Å². The van der Waals surface area contributed by atoms with Crippen LogP contribution in [-0.2, 0) is 0 Å². The summed E-state index contributed by atoms with van der Waals surface area (Å²) in [6.07, 6.45) is 3.39. The van der Waals surface area contributed by atoms with Crippen molar-refractivity contribution in [2.75, 3.05) is 24.4 Å². The summed E-state index contributed by atoms with van der Waals surface area (Å²) in [7, 11) is 0. The first-order chi connectivity index (χ1) is 4.81. The zero-order valence-electron chi connectivity index (χ0n) is 6.67. The molecule has 0 fully saturated rings. The summed E-state index contributed by atoms with van der Waals surface area (Å²) in [6.45, 7) is 2.37. The van der Waals surface area contributed by atoms with Crippen molar-refractivity contribution < 1.29 is 5.11 Å². The van der Waals surface area contributed by atoms with Gasteiger partial charge in [-0.3, -0.25) is 0 Å². The molecule has 0 rings (SSSR count). The fourth-order valence-corrected chi connectivity index (χ4v) is 1.98. The molecule has 0 saturated carbocycles. The molecule has 10 heavy (non-hydrogen) atoms. The Morgan fingerprint density at radius 2 is 2.10 bits per heavy atom. The minimum atomic E-state index is 0.309. The van der Waals surface area contributed by atoms with Gasteiger partial charge in [0.05, 0.1) is 6.61 Å². The van der Waals surface area contributed by atoms with E-state index in [0.29, 0.717) is 11.9 Å². The second-order valence-electron chi connectivity index (χ2n) is 2.21. The van der Waals surface area contributed by atoms with Gasteiger partial charge in [-0.1, -0.05) is 6.92 Å². The van der Waals surface area contributed by atoms with Crippen LogP contribution in [0.5, 0.6) is 0 Å². The maximum Gasteiger partial charge on any atom is 0.0547 e. The Kier molecular flexibility index (Phi) is 8.28. The molecule has 0 aliphatic heterocycles. The molecule has 0 radical (unpaired) electrons. The monoisotopic (exact) mass is 180 g/mol. The molecule has 62 valence electrons. The van der Waals surface area contributed by atoms with Gasteiger partial charge in [-0.25, -0.2) is 0 Å². The molecule has 0 aromatic rings. The summed E-state index contributed by atoms with van der Waals surface area (Å²) in [6, 6.07) is 0. The van der Waals surface area contributed by atoms with Crippen molar-refractivity contribution in [2.24, 2.45) is 0 Å². The van der Waals surface area contributed by atoms with Crippen LogP contribution >= 0.6 is 23.5 Å². The standard InChI is InChI=1S/C7H16OS2/c1-7(6-8)10-5-3-4-9-2/h7-8H,3-6H2,1-2H3. The van der Waals surface area contributed by atoms with Gasteiger partial charge in [0.15, 0.2) is 0 Å². The predicted octanol–water partition coefficient (Wildman–Crippen LogP) is 1.85. The van der Waals surface area contributed by atoms with E-state index >= 15 is 0 Å². The average molecular weight is 180 g/mol. The van der Waals surface area contributed by atoms with E-state index < -0.39 is 0 Å². The predicted molar refractivity (Wildman–Crippen MR) is 52.0 cm³/mol. The number of thioether (sulfide) groups is 2. The molecular weight excluding hydrogens is 164 g/mol. The molecule has 0 amide bonds. The Labute approximate surface area is 72.0 Å². The van der Waals surface area contributed by atoms with Crippen LogP contribution in [0.1, 0.15) is 13.3 Å². The normalized spacial score (nSPS) is 13.5. The van der Waals surface area contributed by atoms with Crippen molar-refractivity contribution in [1.29, 1.82) is 0 Å². The third-order valence-electron chi connectivity index (χ3n) is 1.15. The molecule has 1 atom stereocenters. The average Bonchev–Trinajstić information content (AvgIpc) is 1.98. The van der Waals surface area contributed by atoms with Crippen LogP contribution in [0.15, 0.2) is 0 Å². The van der Waals surface area contributed by atoms with Crippen LogP contribution in [0.2, 0.25) is 0 Å². The Morgan fingerprint density at radius 1 is 1.40 bits per heavy atom. The number of hydrogen-bond donors (Lipinski definition) is 1. The minimum absolute atomic E-state index is 0.309. The van der Waals surface area contributed by atoms with Gasteiger partial charge < -0.3 is 5.11 Å². The molecule has 0 aliphatic rings. The molecular formula is C7H16OS2. The smallest absolute Gasteiger partial charge is 0.0547 e. The highest BCUT2D eigenvalue weighted by molar-refractivity contribution is 8.00. The second kappa shape index (κ2) is 7.76. The molecule has 0 saturated heterocycles. The Morgan fingerprint density at radius 3 is 2.60 bits per heavy atom. The van der Waals surface area contributed by atoms with Crippen LogP contribution < -0.4 is 0 Å². The lowest BCUT2D eigenvalue weighted by Gasteiger charge is -2.05. The van der Waals surface area contributed by atoms with Gasteiger partial charge in [0.1, 0.15) is 0 Å². The van der Waals surface area contributed by atoms with Crippen molar-refractivity contribution in [1.82, 2.24) is 0 Å². The zero-order valence-corrected chi connectivity index (χ0v) is 8.30. The first kappa shape index (κ1) is 10.7.